The molecule has 3 rings (SSSR count). The normalized spacial score (nSPS) is 10.8. The number of carbonyl (C=O) groups is 1. The predicted molar refractivity (Wildman–Crippen MR) is 95.2 cm³/mol. The summed E-state index contributed by atoms with van der Waals surface area (Å²) in [5, 5.41) is 20.8. The third kappa shape index (κ3) is 4.18. The molecular weight excluding hydrogens is 336 g/mol. The number of amides is 1. The van der Waals surface area contributed by atoms with Gasteiger partial charge in [-0.3, -0.25) is 20.2 Å². The minimum atomic E-state index is -0.485. The fourth-order valence-electron chi connectivity index (χ4n) is 2.19. The molecule has 0 aliphatic rings. The molecule has 1 N–H and O–H groups in total. The van der Waals surface area contributed by atoms with Gasteiger partial charge in [-0.1, -0.05) is 22.8 Å². The maximum Gasteiger partial charge on any atom is 0.322 e. The highest BCUT2D eigenvalue weighted by atomic mass is 16.6. The van der Waals surface area contributed by atoms with E-state index in [1.54, 1.807) is 12.1 Å². The van der Waals surface area contributed by atoms with Crippen LogP contribution in [0.15, 0.2) is 59.0 Å². The van der Waals surface area contributed by atoms with Crippen LogP contribution in [0, 0.1) is 17.0 Å². The smallest absolute Gasteiger partial charge is 0.322 e. The van der Waals surface area contributed by atoms with E-state index in [4.69, 9.17) is 4.42 Å². The Morgan fingerprint density at radius 2 is 1.96 bits per heavy atom. The molecule has 0 unspecified atom stereocenters. The topological polar surface area (TPSA) is 111 Å². The Hall–Kier alpha value is -3.81. The summed E-state index contributed by atoms with van der Waals surface area (Å²) in [5.74, 6) is -0.147. The van der Waals surface area contributed by atoms with E-state index in [2.05, 4.69) is 15.5 Å². The highest BCUT2D eigenvalue weighted by Crippen LogP contribution is 2.20. The summed E-state index contributed by atoms with van der Waals surface area (Å²) in [6.07, 6.45) is 2.80. The zero-order valence-electron chi connectivity index (χ0n) is 13.7. The van der Waals surface area contributed by atoms with E-state index in [-0.39, 0.29) is 11.7 Å². The van der Waals surface area contributed by atoms with Gasteiger partial charge in [0.05, 0.1) is 4.92 Å². The Morgan fingerprint density at radius 1 is 1.19 bits per heavy atom. The van der Waals surface area contributed by atoms with Gasteiger partial charge >= 0.3 is 6.01 Å². The number of rotatable bonds is 5. The molecule has 0 spiro atoms. The van der Waals surface area contributed by atoms with Crippen molar-refractivity contribution in [3.63, 3.8) is 0 Å². The second kappa shape index (κ2) is 7.39. The van der Waals surface area contributed by atoms with Crippen molar-refractivity contribution in [3.05, 3.63) is 75.8 Å². The van der Waals surface area contributed by atoms with Crippen molar-refractivity contribution in [1.29, 1.82) is 0 Å². The molecule has 1 heterocycles. The van der Waals surface area contributed by atoms with Gasteiger partial charge < -0.3 is 4.42 Å². The van der Waals surface area contributed by atoms with Crippen molar-refractivity contribution in [2.75, 3.05) is 5.32 Å². The number of nitrogens with zero attached hydrogens (tertiary/aromatic N) is 3. The molecule has 1 amide bonds. The van der Waals surface area contributed by atoms with Crippen LogP contribution in [-0.4, -0.2) is 21.0 Å². The Bertz CT molecular complexity index is 977. The maximum absolute atomic E-state index is 11.9. The number of aromatic nitrogens is 2. The molecule has 130 valence electrons. The van der Waals surface area contributed by atoms with Gasteiger partial charge in [-0.25, -0.2) is 0 Å². The molecule has 26 heavy (non-hydrogen) atoms. The van der Waals surface area contributed by atoms with Gasteiger partial charge in [0.15, 0.2) is 0 Å². The maximum atomic E-state index is 11.9. The van der Waals surface area contributed by atoms with Crippen LogP contribution in [0.3, 0.4) is 0 Å². The van der Waals surface area contributed by atoms with Crippen LogP contribution in [-0.2, 0) is 4.79 Å². The third-order valence-electron chi connectivity index (χ3n) is 3.45. The van der Waals surface area contributed by atoms with Crippen LogP contribution in [0.4, 0.5) is 11.7 Å². The van der Waals surface area contributed by atoms with Gasteiger partial charge in [0, 0.05) is 23.8 Å². The van der Waals surface area contributed by atoms with Crippen LogP contribution in [0.2, 0.25) is 0 Å². The van der Waals surface area contributed by atoms with Gasteiger partial charge in [0.1, 0.15) is 0 Å². The Kier molecular flexibility index (Phi) is 4.84. The summed E-state index contributed by atoms with van der Waals surface area (Å²) in [5.41, 5.74) is 2.45. The van der Waals surface area contributed by atoms with Crippen molar-refractivity contribution < 1.29 is 14.1 Å². The molecular formula is C18H14N4O4. The van der Waals surface area contributed by atoms with Crippen molar-refractivity contribution in [1.82, 2.24) is 10.2 Å². The molecule has 0 radical (unpaired) electrons. The summed E-state index contributed by atoms with van der Waals surface area (Å²) in [6.45, 7) is 1.95. The number of aryl methyl sites for hydroxylation is 1. The van der Waals surface area contributed by atoms with E-state index >= 15 is 0 Å². The van der Waals surface area contributed by atoms with E-state index in [0.29, 0.717) is 11.5 Å². The number of non-ortho nitro benzene ring substituents is 1. The van der Waals surface area contributed by atoms with Gasteiger partial charge in [-0.15, -0.1) is 5.10 Å². The first-order chi connectivity index (χ1) is 12.5. The zero-order valence-corrected chi connectivity index (χ0v) is 13.7. The summed E-state index contributed by atoms with van der Waals surface area (Å²) < 4.78 is 5.43. The SMILES string of the molecule is Cc1cccc(-c2nnc(NC(=O)C=Cc3ccc([N+](=O)[O-])cc3)o2)c1. The number of carbonyl (C=O) groups excluding carboxylic acids is 1. The minimum Gasteiger partial charge on any atom is -0.403 e. The fourth-order valence-corrected chi connectivity index (χ4v) is 2.19. The summed E-state index contributed by atoms with van der Waals surface area (Å²) in [4.78, 5) is 22.0. The second-order valence-electron chi connectivity index (χ2n) is 5.45. The summed E-state index contributed by atoms with van der Waals surface area (Å²) in [7, 11) is 0. The molecule has 0 aliphatic carbocycles. The van der Waals surface area contributed by atoms with Gasteiger partial charge in [-0.05, 0) is 42.8 Å². The monoisotopic (exact) mass is 350 g/mol. The number of hydrogen-bond donors (Lipinski definition) is 1. The molecule has 0 fully saturated rings. The Balaban J connectivity index is 1.64. The first-order valence-electron chi connectivity index (χ1n) is 7.65. The van der Waals surface area contributed by atoms with Crippen LogP contribution in [0.5, 0.6) is 0 Å². The van der Waals surface area contributed by atoms with Crippen molar-refractivity contribution in [2.24, 2.45) is 0 Å². The average Bonchev–Trinajstić information content (AvgIpc) is 3.09. The largest absolute Gasteiger partial charge is 0.403 e. The molecule has 0 saturated carbocycles. The average molecular weight is 350 g/mol. The summed E-state index contributed by atoms with van der Waals surface area (Å²) >= 11 is 0. The van der Waals surface area contributed by atoms with Gasteiger partial charge in [0.25, 0.3) is 11.6 Å². The van der Waals surface area contributed by atoms with Gasteiger partial charge in [-0.2, -0.15) is 0 Å². The van der Waals surface area contributed by atoms with E-state index < -0.39 is 10.8 Å². The summed E-state index contributed by atoms with van der Waals surface area (Å²) in [6, 6.07) is 13.4. The number of anilines is 1. The highest BCUT2D eigenvalue weighted by molar-refractivity contribution is 6.00. The van der Waals surface area contributed by atoms with E-state index in [0.717, 1.165) is 11.1 Å². The molecule has 0 atom stereocenters. The van der Waals surface area contributed by atoms with Crippen molar-refractivity contribution >= 4 is 23.7 Å². The van der Waals surface area contributed by atoms with Gasteiger partial charge in [0.2, 0.25) is 5.89 Å². The van der Waals surface area contributed by atoms with Crippen LogP contribution in [0.1, 0.15) is 11.1 Å². The molecule has 0 aliphatic heterocycles. The van der Waals surface area contributed by atoms with Crippen LogP contribution in [0.25, 0.3) is 17.5 Å². The first kappa shape index (κ1) is 17.0. The quantitative estimate of drug-likeness (QED) is 0.427. The highest BCUT2D eigenvalue weighted by Gasteiger charge is 2.10. The van der Waals surface area contributed by atoms with Crippen LogP contribution >= 0.6 is 0 Å². The number of hydrogen-bond acceptors (Lipinski definition) is 6. The Labute approximate surface area is 148 Å². The molecule has 0 saturated heterocycles. The lowest BCUT2D eigenvalue weighted by atomic mass is 10.1. The second-order valence-corrected chi connectivity index (χ2v) is 5.45. The molecule has 2 aromatic carbocycles. The standard InChI is InChI=1S/C18H14N4O4/c1-12-3-2-4-14(11-12)17-20-21-18(26-17)19-16(23)10-7-13-5-8-15(9-6-13)22(24)25/h2-11H,1H3,(H,19,21,23). The number of nitro benzene ring substituents is 1. The Morgan fingerprint density at radius 3 is 2.65 bits per heavy atom. The number of nitro groups is 1. The molecule has 8 heteroatoms. The number of benzene rings is 2. The zero-order chi connectivity index (χ0) is 18.5. The van der Waals surface area contributed by atoms with Crippen molar-refractivity contribution in [2.45, 2.75) is 6.92 Å². The first-order valence-corrected chi connectivity index (χ1v) is 7.65. The van der Waals surface area contributed by atoms with E-state index in [1.807, 2.05) is 31.2 Å². The molecule has 8 nitrogen and oxygen atoms in total. The van der Waals surface area contributed by atoms with E-state index in [1.165, 1.54) is 24.3 Å². The predicted octanol–water partition coefficient (Wildman–Crippen LogP) is 3.61. The van der Waals surface area contributed by atoms with E-state index in [9.17, 15) is 14.9 Å². The lowest BCUT2D eigenvalue weighted by molar-refractivity contribution is -0.384. The lowest BCUT2D eigenvalue weighted by Crippen LogP contribution is -2.07. The molecule has 1 aromatic heterocycles. The fraction of sp³-hybridized carbons (Fsp3) is 0.0556. The molecule has 0 bridgehead atoms. The minimum absolute atomic E-state index is 0.0128. The number of nitrogens with one attached hydrogen (secondary N) is 1. The third-order valence-corrected chi connectivity index (χ3v) is 3.45. The van der Waals surface area contributed by atoms with Crippen LogP contribution < -0.4 is 5.32 Å². The lowest BCUT2D eigenvalue weighted by Gasteiger charge is -1.97. The molecule has 3 aromatic rings. The van der Waals surface area contributed by atoms with Crippen molar-refractivity contribution in [3.8, 4) is 11.5 Å².